The van der Waals surface area contributed by atoms with Crippen LogP contribution in [0.1, 0.15) is 29.8 Å². The number of methoxy groups -OCH3 is 1. The van der Waals surface area contributed by atoms with E-state index >= 15 is 0 Å². The van der Waals surface area contributed by atoms with Gasteiger partial charge in [0.2, 0.25) is 0 Å². The van der Waals surface area contributed by atoms with Crippen molar-refractivity contribution in [2.75, 3.05) is 7.11 Å². The third kappa shape index (κ3) is 5.30. The second kappa shape index (κ2) is 8.61. The van der Waals surface area contributed by atoms with Gasteiger partial charge in [0, 0.05) is 18.6 Å². The first-order valence-electron chi connectivity index (χ1n) is 7.41. The van der Waals surface area contributed by atoms with Crippen molar-refractivity contribution >= 4 is 11.6 Å². The van der Waals surface area contributed by atoms with Crippen molar-refractivity contribution in [3.8, 4) is 34.5 Å². The summed E-state index contributed by atoms with van der Waals surface area (Å²) in [6.45, 7) is 2.67. The Labute approximate surface area is 149 Å². The second-order valence-electron chi connectivity index (χ2n) is 5.46. The molecule has 0 amide bonds. The smallest absolute Gasteiger partial charge is 0.200 e. The van der Waals surface area contributed by atoms with Crippen LogP contribution in [0.3, 0.4) is 0 Å². The molecule has 140 valence electrons. The summed E-state index contributed by atoms with van der Waals surface area (Å²) < 4.78 is 4.78. The predicted molar refractivity (Wildman–Crippen MR) is 92.1 cm³/mol. The molecule has 2 aromatic rings. The Hall–Kier alpha value is -3.42. The second-order valence-corrected chi connectivity index (χ2v) is 5.46. The van der Waals surface area contributed by atoms with Crippen LogP contribution in [-0.2, 0) is 11.2 Å². The summed E-state index contributed by atoms with van der Waals surface area (Å²) in [7, 11) is 1.40. The van der Waals surface area contributed by atoms with Crippen molar-refractivity contribution in [2.45, 2.75) is 20.3 Å². The Kier molecular flexibility index (Phi) is 6.83. The molecule has 0 aliphatic rings. The van der Waals surface area contributed by atoms with Crippen LogP contribution in [-0.4, -0.2) is 44.2 Å². The number of benzene rings is 2. The Morgan fingerprint density at radius 2 is 1.31 bits per heavy atom. The number of Topliss-reactive ketones (excluding diaryl/α,β-unsaturated/α-hetero) is 2. The summed E-state index contributed by atoms with van der Waals surface area (Å²) in [6, 6.07) is 5.04. The minimum atomic E-state index is -0.563. The van der Waals surface area contributed by atoms with Gasteiger partial charge in [-0.2, -0.15) is 0 Å². The largest absolute Gasteiger partial charge is 0.507 e. The van der Waals surface area contributed by atoms with Crippen molar-refractivity contribution < 1.29 is 39.9 Å². The molecule has 2 aromatic carbocycles. The third-order valence-corrected chi connectivity index (χ3v) is 3.24. The van der Waals surface area contributed by atoms with Crippen molar-refractivity contribution in [1.29, 1.82) is 0 Å². The molecule has 0 bridgehead atoms. The number of phenolic OH excluding ortho intramolecular Hbond substituents is 5. The number of carbonyl (C=O) groups excluding carboxylic acids is 2. The molecule has 8 heteroatoms. The van der Waals surface area contributed by atoms with E-state index in [0.717, 1.165) is 0 Å². The van der Waals surface area contributed by atoms with Gasteiger partial charge in [0.1, 0.15) is 28.6 Å². The zero-order valence-corrected chi connectivity index (χ0v) is 14.5. The molecule has 0 aromatic heterocycles. The first-order chi connectivity index (χ1) is 12.1. The Bertz CT molecular complexity index is 780. The molecule has 0 spiro atoms. The fraction of sp³-hybridized carbons (Fsp3) is 0.222. The van der Waals surface area contributed by atoms with Crippen molar-refractivity contribution in [2.24, 2.45) is 0 Å². The van der Waals surface area contributed by atoms with Gasteiger partial charge in [0.15, 0.2) is 23.0 Å². The lowest BCUT2D eigenvalue weighted by molar-refractivity contribution is -0.116. The summed E-state index contributed by atoms with van der Waals surface area (Å²) in [5.74, 6) is -2.12. The normalized spacial score (nSPS) is 9.81. The van der Waals surface area contributed by atoms with Gasteiger partial charge in [-0.25, -0.2) is 0 Å². The number of ketones is 2. The number of phenols is 5. The molecule has 0 saturated heterocycles. The van der Waals surface area contributed by atoms with E-state index in [9.17, 15) is 19.8 Å². The van der Waals surface area contributed by atoms with Crippen LogP contribution < -0.4 is 4.74 Å². The first-order valence-corrected chi connectivity index (χ1v) is 7.41. The topological polar surface area (TPSA) is 145 Å². The summed E-state index contributed by atoms with van der Waals surface area (Å²) in [5.41, 5.74) is 0.390. The van der Waals surface area contributed by atoms with Crippen LogP contribution in [0.4, 0.5) is 0 Å². The maximum atomic E-state index is 10.9. The summed E-state index contributed by atoms with van der Waals surface area (Å²) in [5, 5.41) is 45.8. The number of aromatic hydroxyl groups is 5. The molecular weight excluding hydrogens is 344 g/mol. The van der Waals surface area contributed by atoms with Gasteiger partial charge in [-0.05, 0) is 31.5 Å². The van der Waals surface area contributed by atoms with Crippen LogP contribution >= 0.6 is 0 Å². The van der Waals surface area contributed by atoms with E-state index in [-0.39, 0.29) is 29.3 Å². The van der Waals surface area contributed by atoms with Gasteiger partial charge in [-0.3, -0.25) is 9.59 Å². The van der Waals surface area contributed by atoms with Crippen LogP contribution in [0.2, 0.25) is 0 Å². The molecule has 0 unspecified atom stereocenters. The van der Waals surface area contributed by atoms with E-state index in [0.29, 0.717) is 11.3 Å². The van der Waals surface area contributed by atoms with Gasteiger partial charge in [0.25, 0.3) is 0 Å². The summed E-state index contributed by atoms with van der Waals surface area (Å²) in [4.78, 5) is 21.6. The zero-order chi connectivity index (χ0) is 20.0. The van der Waals surface area contributed by atoms with Crippen LogP contribution in [0.5, 0.6) is 34.5 Å². The molecule has 8 nitrogen and oxygen atoms in total. The number of rotatable bonds is 4. The molecule has 5 N–H and O–H groups in total. The summed E-state index contributed by atoms with van der Waals surface area (Å²) >= 11 is 0. The fourth-order valence-electron chi connectivity index (χ4n) is 2.12. The standard InChI is InChI=1S/2C9H10O4/c1-5(10)9-7(11)3-6(13-2)4-8(9)12;1-5(10)2-6-3-7(11)9(13)8(12)4-6/h3-4,11-12H,1-2H3;3-4,11-13H,2H2,1H3. The number of hydrogen-bond donors (Lipinski definition) is 5. The molecule has 0 aliphatic heterocycles. The van der Waals surface area contributed by atoms with Crippen molar-refractivity contribution in [1.82, 2.24) is 0 Å². The SMILES string of the molecule is CC(=O)Cc1cc(O)c(O)c(O)c1.COc1cc(O)c(C(C)=O)c(O)c1. The molecule has 0 fully saturated rings. The predicted octanol–water partition coefficient (Wildman–Crippen LogP) is 2.24. The molecule has 0 heterocycles. The molecule has 0 atom stereocenters. The zero-order valence-electron chi connectivity index (χ0n) is 14.5. The minimum absolute atomic E-state index is 0.0792. The van der Waals surface area contributed by atoms with E-state index in [4.69, 9.17) is 20.1 Å². The first kappa shape index (κ1) is 20.6. The lowest BCUT2D eigenvalue weighted by atomic mass is 10.1. The van der Waals surface area contributed by atoms with Gasteiger partial charge in [0.05, 0.1) is 7.11 Å². The molecule has 2 rings (SSSR count). The highest BCUT2D eigenvalue weighted by atomic mass is 16.5. The average molecular weight is 364 g/mol. The highest BCUT2D eigenvalue weighted by molar-refractivity contribution is 5.99. The quantitative estimate of drug-likeness (QED) is 0.410. The number of ether oxygens (including phenoxy) is 1. The van der Waals surface area contributed by atoms with Crippen LogP contribution in [0.25, 0.3) is 0 Å². The van der Waals surface area contributed by atoms with E-state index in [2.05, 4.69) is 0 Å². The highest BCUT2D eigenvalue weighted by Gasteiger charge is 2.13. The molecular formula is C18H20O8. The molecule has 26 heavy (non-hydrogen) atoms. The minimum Gasteiger partial charge on any atom is -0.507 e. The molecule has 0 saturated carbocycles. The lowest BCUT2D eigenvalue weighted by Gasteiger charge is -2.06. The molecule has 0 aliphatic carbocycles. The van der Waals surface area contributed by atoms with Crippen LogP contribution in [0, 0.1) is 0 Å². The maximum absolute atomic E-state index is 10.9. The highest BCUT2D eigenvalue weighted by Crippen LogP contribution is 2.35. The van der Waals surface area contributed by atoms with Crippen molar-refractivity contribution in [3.05, 3.63) is 35.4 Å². The van der Waals surface area contributed by atoms with E-state index in [1.54, 1.807) is 0 Å². The Balaban J connectivity index is 0.000000260. The van der Waals surface area contributed by atoms with E-state index in [1.165, 1.54) is 45.2 Å². The summed E-state index contributed by atoms with van der Waals surface area (Å²) in [6.07, 6.45) is 0.126. The van der Waals surface area contributed by atoms with Gasteiger partial charge in [-0.15, -0.1) is 0 Å². The van der Waals surface area contributed by atoms with Gasteiger partial charge in [-0.1, -0.05) is 0 Å². The monoisotopic (exact) mass is 364 g/mol. The van der Waals surface area contributed by atoms with E-state index in [1.807, 2.05) is 0 Å². The van der Waals surface area contributed by atoms with Gasteiger partial charge >= 0.3 is 0 Å². The number of hydrogen-bond acceptors (Lipinski definition) is 8. The average Bonchev–Trinajstić information content (AvgIpc) is 2.51. The van der Waals surface area contributed by atoms with Crippen molar-refractivity contribution in [3.63, 3.8) is 0 Å². The fourth-order valence-corrected chi connectivity index (χ4v) is 2.12. The Morgan fingerprint density at radius 3 is 1.65 bits per heavy atom. The molecule has 0 radical (unpaired) electrons. The third-order valence-electron chi connectivity index (χ3n) is 3.24. The maximum Gasteiger partial charge on any atom is 0.200 e. The lowest BCUT2D eigenvalue weighted by Crippen LogP contribution is -1.95. The van der Waals surface area contributed by atoms with Crippen LogP contribution in [0.15, 0.2) is 24.3 Å². The number of carbonyl (C=O) groups is 2. The van der Waals surface area contributed by atoms with Gasteiger partial charge < -0.3 is 30.3 Å². The Morgan fingerprint density at radius 1 is 0.846 bits per heavy atom. The van der Waals surface area contributed by atoms with E-state index < -0.39 is 23.0 Å².